The van der Waals surface area contributed by atoms with Gasteiger partial charge in [-0.05, 0) is 49.4 Å². The molecule has 1 saturated heterocycles. The molecule has 1 aliphatic rings. The second kappa shape index (κ2) is 6.02. The van der Waals surface area contributed by atoms with Crippen molar-refractivity contribution in [2.75, 3.05) is 6.54 Å². The molecule has 2 rings (SSSR count). The molecule has 0 bridgehead atoms. The van der Waals surface area contributed by atoms with Gasteiger partial charge in [-0.25, -0.2) is 8.42 Å². The first-order chi connectivity index (χ1) is 9.36. The number of benzene rings is 1. The van der Waals surface area contributed by atoms with Crippen molar-refractivity contribution in [2.45, 2.75) is 44.2 Å². The summed E-state index contributed by atoms with van der Waals surface area (Å²) in [5.74, 6) is 0.391. The van der Waals surface area contributed by atoms with Gasteiger partial charge >= 0.3 is 0 Å². The van der Waals surface area contributed by atoms with Gasteiger partial charge < -0.3 is 5.73 Å². The summed E-state index contributed by atoms with van der Waals surface area (Å²) in [5, 5.41) is 0.506. The lowest BCUT2D eigenvalue weighted by Gasteiger charge is -2.35. The quantitative estimate of drug-likeness (QED) is 0.932. The SMILES string of the molecule is CC1CCC(C)N(S(=O)(=O)c2ccc(Cl)c(CN)c2)C1. The first-order valence-corrected chi connectivity index (χ1v) is 8.68. The summed E-state index contributed by atoms with van der Waals surface area (Å²) < 4.78 is 27.1. The van der Waals surface area contributed by atoms with Crippen molar-refractivity contribution in [1.82, 2.24) is 4.31 Å². The van der Waals surface area contributed by atoms with Gasteiger partial charge in [-0.15, -0.1) is 0 Å². The van der Waals surface area contributed by atoms with Crippen LogP contribution in [0.1, 0.15) is 32.3 Å². The Hall–Kier alpha value is -0.620. The smallest absolute Gasteiger partial charge is 0.243 e. The zero-order chi connectivity index (χ0) is 14.9. The molecule has 20 heavy (non-hydrogen) atoms. The number of hydrogen-bond donors (Lipinski definition) is 1. The molecule has 1 aromatic carbocycles. The number of nitrogens with two attached hydrogens (primary N) is 1. The molecule has 6 heteroatoms. The minimum atomic E-state index is -3.47. The Balaban J connectivity index is 2.39. The predicted octanol–water partition coefficient (Wildman–Crippen LogP) is 2.61. The summed E-state index contributed by atoms with van der Waals surface area (Å²) in [7, 11) is -3.47. The summed E-state index contributed by atoms with van der Waals surface area (Å²) in [6.07, 6.45) is 1.97. The van der Waals surface area contributed by atoms with E-state index in [0.29, 0.717) is 23.0 Å². The lowest BCUT2D eigenvalue weighted by atomic mass is 9.97. The Kier molecular flexibility index (Phi) is 4.74. The highest BCUT2D eigenvalue weighted by Crippen LogP contribution is 2.29. The van der Waals surface area contributed by atoms with E-state index in [1.165, 1.54) is 0 Å². The number of halogens is 1. The lowest BCUT2D eigenvalue weighted by molar-refractivity contribution is 0.218. The van der Waals surface area contributed by atoms with Crippen molar-refractivity contribution < 1.29 is 8.42 Å². The monoisotopic (exact) mass is 316 g/mol. The summed E-state index contributed by atoms with van der Waals surface area (Å²) in [5.41, 5.74) is 6.26. The molecule has 1 aromatic rings. The van der Waals surface area contributed by atoms with Gasteiger partial charge in [0.2, 0.25) is 10.0 Å². The number of rotatable bonds is 3. The molecule has 0 aliphatic carbocycles. The third-order valence-electron chi connectivity index (χ3n) is 3.90. The minimum Gasteiger partial charge on any atom is -0.326 e. The summed E-state index contributed by atoms with van der Waals surface area (Å²) >= 11 is 6.00. The first-order valence-electron chi connectivity index (χ1n) is 6.86. The van der Waals surface area contributed by atoms with Crippen LogP contribution in [-0.4, -0.2) is 25.3 Å². The maximum absolute atomic E-state index is 12.8. The minimum absolute atomic E-state index is 0.0354. The zero-order valence-electron chi connectivity index (χ0n) is 11.8. The second-order valence-electron chi connectivity index (χ2n) is 5.56. The molecule has 2 atom stereocenters. The van der Waals surface area contributed by atoms with Crippen LogP contribution >= 0.6 is 11.6 Å². The highest BCUT2D eigenvalue weighted by atomic mass is 35.5. The lowest BCUT2D eigenvalue weighted by Crippen LogP contribution is -2.44. The van der Waals surface area contributed by atoms with Gasteiger partial charge in [0, 0.05) is 24.2 Å². The van der Waals surface area contributed by atoms with Crippen LogP contribution in [-0.2, 0) is 16.6 Å². The average Bonchev–Trinajstić information content (AvgIpc) is 2.41. The van der Waals surface area contributed by atoms with Crippen molar-refractivity contribution in [3.63, 3.8) is 0 Å². The number of hydrogen-bond acceptors (Lipinski definition) is 3. The van der Waals surface area contributed by atoms with Crippen LogP contribution in [0, 0.1) is 5.92 Å². The van der Waals surface area contributed by atoms with Gasteiger partial charge in [0.05, 0.1) is 4.90 Å². The molecule has 1 heterocycles. The fourth-order valence-corrected chi connectivity index (χ4v) is 4.61. The van der Waals surface area contributed by atoms with Crippen LogP contribution in [0.4, 0.5) is 0 Å². The fraction of sp³-hybridized carbons (Fsp3) is 0.571. The highest BCUT2D eigenvalue weighted by Gasteiger charge is 2.33. The van der Waals surface area contributed by atoms with Crippen LogP contribution in [0.5, 0.6) is 0 Å². The summed E-state index contributed by atoms with van der Waals surface area (Å²) in [6.45, 7) is 4.85. The van der Waals surface area contributed by atoms with E-state index in [1.54, 1.807) is 22.5 Å². The van der Waals surface area contributed by atoms with E-state index < -0.39 is 10.0 Å². The second-order valence-corrected chi connectivity index (χ2v) is 7.86. The Labute approximate surface area is 126 Å². The Bertz CT molecular complexity index is 589. The van der Waals surface area contributed by atoms with E-state index in [-0.39, 0.29) is 17.5 Å². The van der Waals surface area contributed by atoms with E-state index in [4.69, 9.17) is 17.3 Å². The Morgan fingerprint density at radius 2 is 2.05 bits per heavy atom. The molecule has 4 nitrogen and oxygen atoms in total. The fourth-order valence-electron chi connectivity index (χ4n) is 2.59. The molecule has 0 amide bonds. The molecule has 112 valence electrons. The van der Waals surface area contributed by atoms with E-state index in [9.17, 15) is 8.42 Å². The summed E-state index contributed by atoms with van der Waals surface area (Å²) in [4.78, 5) is 0.281. The molecule has 0 radical (unpaired) electrons. The van der Waals surface area contributed by atoms with E-state index in [1.807, 2.05) is 6.92 Å². The van der Waals surface area contributed by atoms with Crippen molar-refractivity contribution >= 4 is 21.6 Å². The standard InChI is InChI=1S/C14H21ClN2O2S/c1-10-3-4-11(2)17(9-10)20(18,19)13-5-6-14(15)12(7-13)8-16/h5-7,10-11H,3-4,8-9,16H2,1-2H3. The van der Waals surface area contributed by atoms with E-state index >= 15 is 0 Å². The number of sulfonamides is 1. The van der Waals surface area contributed by atoms with Gasteiger partial charge in [-0.3, -0.25) is 0 Å². The van der Waals surface area contributed by atoms with Crippen molar-refractivity contribution in [2.24, 2.45) is 11.7 Å². The van der Waals surface area contributed by atoms with Crippen LogP contribution < -0.4 is 5.73 Å². The third kappa shape index (κ3) is 3.01. The third-order valence-corrected chi connectivity index (χ3v) is 6.25. The van der Waals surface area contributed by atoms with Crippen LogP contribution in [0.15, 0.2) is 23.1 Å². The molecule has 2 N–H and O–H groups in total. The number of nitrogens with zero attached hydrogens (tertiary/aromatic N) is 1. The van der Waals surface area contributed by atoms with Gasteiger partial charge in [0.15, 0.2) is 0 Å². The molecule has 0 spiro atoms. The van der Waals surface area contributed by atoms with Crippen LogP contribution in [0.3, 0.4) is 0 Å². The normalized spacial score (nSPS) is 24.8. The predicted molar refractivity (Wildman–Crippen MR) is 81.1 cm³/mol. The van der Waals surface area contributed by atoms with Crippen molar-refractivity contribution in [3.8, 4) is 0 Å². The van der Waals surface area contributed by atoms with E-state index in [0.717, 1.165) is 12.8 Å². The van der Waals surface area contributed by atoms with E-state index in [2.05, 4.69) is 6.92 Å². The Morgan fingerprint density at radius 3 is 2.70 bits per heavy atom. The largest absolute Gasteiger partial charge is 0.326 e. The van der Waals surface area contributed by atoms with Crippen molar-refractivity contribution in [3.05, 3.63) is 28.8 Å². The molecular weight excluding hydrogens is 296 g/mol. The zero-order valence-corrected chi connectivity index (χ0v) is 13.4. The van der Waals surface area contributed by atoms with Gasteiger partial charge in [0.1, 0.15) is 0 Å². The summed E-state index contributed by atoms with van der Waals surface area (Å²) in [6, 6.07) is 4.79. The Morgan fingerprint density at radius 1 is 1.35 bits per heavy atom. The molecular formula is C14H21ClN2O2S. The van der Waals surface area contributed by atoms with Crippen LogP contribution in [0.25, 0.3) is 0 Å². The van der Waals surface area contributed by atoms with Gasteiger partial charge in [-0.1, -0.05) is 18.5 Å². The highest BCUT2D eigenvalue weighted by molar-refractivity contribution is 7.89. The first kappa shape index (κ1) is 15.8. The molecule has 1 fully saturated rings. The maximum Gasteiger partial charge on any atom is 0.243 e. The van der Waals surface area contributed by atoms with Crippen LogP contribution in [0.2, 0.25) is 5.02 Å². The topological polar surface area (TPSA) is 63.4 Å². The van der Waals surface area contributed by atoms with Gasteiger partial charge in [-0.2, -0.15) is 4.31 Å². The number of piperidine rings is 1. The molecule has 2 unspecified atom stereocenters. The van der Waals surface area contributed by atoms with Crippen molar-refractivity contribution in [1.29, 1.82) is 0 Å². The maximum atomic E-state index is 12.8. The molecule has 0 aromatic heterocycles. The van der Waals surface area contributed by atoms with Gasteiger partial charge in [0.25, 0.3) is 0 Å². The average molecular weight is 317 g/mol. The molecule has 1 aliphatic heterocycles. The molecule has 0 saturated carbocycles.